The fraction of sp³-hybridized carbons (Fsp3) is 0.385. The maximum Gasteiger partial charge on any atom is 0.573 e. The Morgan fingerprint density at radius 1 is 1.02 bits per heavy atom. The summed E-state index contributed by atoms with van der Waals surface area (Å²) in [5.41, 5.74) is 2.55. The van der Waals surface area contributed by atoms with Crippen molar-refractivity contribution >= 4 is 25.6 Å². The molecule has 238 valence electrons. The van der Waals surface area contributed by atoms with Crippen molar-refractivity contribution < 1.29 is 48.7 Å². The number of benzene rings is 2. The van der Waals surface area contributed by atoms with Crippen LogP contribution in [0.4, 0.5) is 18.9 Å². The Bertz CT molecular complexity index is 1790. The van der Waals surface area contributed by atoms with Crippen LogP contribution in [0.3, 0.4) is 0 Å². The molecule has 1 saturated heterocycles. The van der Waals surface area contributed by atoms with Crippen LogP contribution in [-0.2, 0) is 26.5 Å². The summed E-state index contributed by atoms with van der Waals surface area (Å²) in [6, 6.07) is 13.2. The molecule has 1 aliphatic rings. The molecular weight excluding hydrogens is 629 g/mol. The lowest BCUT2D eigenvalue weighted by Crippen LogP contribution is -3.08. The van der Waals surface area contributed by atoms with Crippen LogP contribution in [-0.4, -0.2) is 83.5 Å². The lowest BCUT2D eigenvalue weighted by molar-refractivity contribution is -0.838. The normalized spacial score (nSPS) is 17.5. The molecular formula is C26H29F3N6O7S2. The predicted molar refractivity (Wildman–Crippen MR) is 150 cm³/mol. The largest absolute Gasteiger partial charge is 0.748 e. The number of sulfone groups is 1. The maximum atomic E-state index is 12.4. The first kappa shape index (κ1) is 33.0. The quantitative estimate of drug-likeness (QED) is 0.288. The van der Waals surface area contributed by atoms with Gasteiger partial charge in [-0.1, -0.05) is 17.3 Å². The maximum absolute atomic E-state index is 12.4. The predicted octanol–water partition coefficient (Wildman–Crippen LogP) is 2.14. The Kier molecular flexibility index (Phi) is 9.77. The number of aromatic nitrogens is 5. The van der Waals surface area contributed by atoms with Crippen molar-refractivity contribution in [2.24, 2.45) is 0 Å². The first-order valence-corrected chi connectivity index (χ1v) is 16.9. The molecule has 4 aromatic rings. The summed E-state index contributed by atoms with van der Waals surface area (Å²) in [6.45, 7) is 3.77. The number of quaternary nitrogens is 1. The first-order chi connectivity index (χ1) is 20.4. The molecule has 3 heterocycles. The molecule has 13 nitrogen and oxygen atoms in total. The summed E-state index contributed by atoms with van der Waals surface area (Å²) in [6.07, 6.45) is -1.58. The molecule has 0 radical (unpaired) electrons. The van der Waals surface area contributed by atoms with E-state index < -0.39 is 26.3 Å². The Labute approximate surface area is 251 Å². The molecule has 1 fully saturated rings. The van der Waals surface area contributed by atoms with Crippen LogP contribution in [0.25, 0.3) is 23.1 Å². The van der Waals surface area contributed by atoms with Gasteiger partial charge in [0.05, 0.1) is 35.0 Å². The summed E-state index contributed by atoms with van der Waals surface area (Å²) in [4.78, 5) is 9.97. The van der Waals surface area contributed by atoms with Gasteiger partial charge in [-0.3, -0.25) is 0 Å². The summed E-state index contributed by atoms with van der Waals surface area (Å²) in [5.74, 6) is 0.760. The van der Waals surface area contributed by atoms with E-state index in [1.54, 1.807) is 11.6 Å². The van der Waals surface area contributed by atoms with E-state index in [2.05, 4.69) is 31.0 Å². The average Bonchev–Trinajstić information content (AvgIpc) is 3.54. The number of rotatable bonds is 7. The Hall–Kier alpha value is -3.87. The Morgan fingerprint density at radius 3 is 2.25 bits per heavy atom. The van der Waals surface area contributed by atoms with Crippen molar-refractivity contribution in [1.29, 1.82) is 0 Å². The van der Waals surface area contributed by atoms with Gasteiger partial charge in [-0.25, -0.2) is 26.5 Å². The molecule has 0 amide bonds. The molecule has 2 aromatic carbocycles. The standard InChI is InChI=1S/C25H25F3N6O4S.CH4O3S/c1-16-29-23(24-30-22(32-38-24)18-6-8-20(9-7-18)37-25(26,27)28)31-34(16)15-17-4-3-5-19(14-17)33-12-10-21(11-13-33)39(2,35)36;1-5(2,3)4/h3-9,14,21H,10-13,15H2,1-2H3;1H3,(H,2,3,4). The molecule has 0 spiro atoms. The van der Waals surface area contributed by atoms with Crippen molar-refractivity contribution in [3.8, 4) is 28.9 Å². The van der Waals surface area contributed by atoms with E-state index in [9.17, 15) is 21.6 Å². The number of alkyl halides is 3. The molecule has 5 rings (SSSR count). The van der Waals surface area contributed by atoms with E-state index >= 15 is 0 Å². The van der Waals surface area contributed by atoms with Crippen LogP contribution >= 0.6 is 0 Å². The van der Waals surface area contributed by atoms with Gasteiger partial charge in [0.15, 0.2) is 9.84 Å². The van der Waals surface area contributed by atoms with Crippen molar-refractivity contribution in [2.45, 2.75) is 37.9 Å². The van der Waals surface area contributed by atoms with E-state index in [0.29, 0.717) is 37.0 Å². The van der Waals surface area contributed by atoms with Crippen molar-refractivity contribution in [2.75, 3.05) is 25.6 Å². The number of piperidine rings is 1. The fourth-order valence-electron chi connectivity index (χ4n) is 4.62. The van der Waals surface area contributed by atoms with Crippen LogP contribution in [0, 0.1) is 6.92 Å². The van der Waals surface area contributed by atoms with E-state index in [1.165, 1.54) is 35.4 Å². The molecule has 0 saturated carbocycles. The number of nitrogens with one attached hydrogen (secondary N) is 1. The molecule has 0 bridgehead atoms. The zero-order valence-electron chi connectivity index (χ0n) is 23.8. The second-order valence-electron chi connectivity index (χ2n) is 10.2. The zero-order chi connectivity index (χ0) is 32.3. The number of hydrogen-bond donors (Lipinski definition) is 1. The van der Waals surface area contributed by atoms with Gasteiger partial charge in [0.1, 0.15) is 17.3 Å². The molecule has 44 heavy (non-hydrogen) atoms. The molecule has 0 aliphatic carbocycles. The van der Waals surface area contributed by atoms with Gasteiger partial charge in [0, 0.05) is 37.0 Å². The third kappa shape index (κ3) is 9.57. The van der Waals surface area contributed by atoms with Crippen LogP contribution in [0.5, 0.6) is 5.75 Å². The van der Waals surface area contributed by atoms with Gasteiger partial charge >= 0.3 is 6.36 Å². The number of ether oxygens (including phenoxy) is 1. The van der Waals surface area contributed by atoms with Crippen LogP contribution in [0.1, 0.15) is 24.2 Å². The lowest BCUT2D eigenvalue weighted by Gasteiger charge is -2.28. The highest BCUT2D eigenvalue weighted by Crippen LogP contribution is 2.26. The van der Waals surface area contributed by atoms with Crippen LogP contribution in [0.15, 0.2) is 53.1 Å². The van der Waals surface area contributed by atoms with E-state index in [-0.39, 0.29) is 28.5 Å². The Balaban J connectivity index is 0.000000818. The summed E-state index contributed by atoms with van der Waals surface area (Å²) in [7, 11) is -6.94. The van der Waals surface area contributed by atoms with Gasteiger partial charge < -0.3 is 18.7 Å². The molecule has 0 atom stereocenters. The van der Waals surface area contributed by atoms with Gasteiger partial charge in [0.25, 0.3) is 5.89 Å². The van der Waals surface area contributed by atoms with Crippen molar-refractivity contribution in [3.63, 3.8) is 0 Å². The molecule has 0 unspecified atom stereocenters. The highest BCUT2D eigenvalue weighted by Gasteiger charge is 2.31. The third-order valence-corrected chi connectivity index (χ3v) is 8.31. The van der Waals surface area contributed by atoms with Gasteiger partial charge in [0.2, 0.25) is 11.6 Å². The third-order valence-electron chi connectivity index (χ3n) is 6.63. The minimum Gasteiger partial charge on any atom is -0.748 e. The molecule has 1 aliphatic heterocycles. The Morgan fingerprint density at radius 2 is 1.66 bits per heavy atom. The summed E-state index contributed by atoms with van der Waals surface area (Å²) in [5, 5.41) is 8.13. The van der Waals surface area contributed by atoms with E-state index in [0.717, 1.165) is 24.3 Å². The van der Waals surface area contributed by atoms with Crippen LogP contribution < -0.4 is 9.64 Å². The number of halogens is 3. The summed E-state index contributed by atoms with van der Waals surface area (Å²) >= 11 is 0. The van der Waals surface area contributed by atoms with E-state index in [4.69, 9.17) is 17.5 Å². The summed E-state index contributed by atoms with van der Waals surface area (Å²) < 4.78 is 99.0. The SMILES string of the molecule is CS(=O)(=O)[O-].Cc1nc(-c2nc(-c3ccc(OC(F)(F)F)cc3)no2)nn1Cc1cccc([NH+]2CCC(S(C)(=O)=O)CC2)c1. The number of nitrogens with zero attached hydrogens (tertiary/aromatic N) is 5. The second kappa shape index (κ2) is 13.0. The molecule has 2 aromatic heterocycles. The number of aryl methyl sites for hydroxylation is 1. The van der Waals surface area contributed by atoms with Crippen molar-refractivity contribution in [1.82, 2.24) is 24.9 Å². The topological polar surface area (TPSA) is 175 Å². The van der Waals surface area contributed by atoms with Crippen LogP contribution in [0.2, 0.25) is 0 Å². The van der Waals surface area contributed by atoms with Gasteiger partial charge in [-0.05, 0) is 42.8 Å². The van der Waals surface area contributed by atoms with E-state index in [1.807, 2.05) is 18.2 Å². The average molecular weight is 659 g/mol. The minimum absolute atomic E-state index is 0.0782. The second-order valence-corrected chi connectivity index (χ2v) is 13.9. The van der Waals surface area contributed by atoms with Gasteiger partial charge in [-0.2, -0.15) is 4.98 Å². The highest BCUT2D eigenvalue weighted by atomic mass is 32.2. The monoisotopic (exact) mass is 658 g/mol. The first-order valence-electron chi connectivity index (χ1n) is 13.1. The minimum atomic E-state index is -4.77. The smallest absolute Gasteiger partial charge is 0.573 e. The fourth-order valence-corrected chi connectivity index (χ4v) is 5.71. The lowest BCUT2D eigenvalue weighted by atomic mass is 10.1. The molecule has 1 N–H and O–H groups in total. The number of hydrogen-bond acceptors (Lipinski definition) is 11. The highest BCUT2D eigenvalue weighted by molar-refractivity contribution is 7.91. The zero-order valence-corrected chi connectivity index (χ0v) is 25.4. The molecule has 18 heteroatoms. The van der Waals surface area contributed by atoms with Gasteiger partial charge in [-0.15, -0.1) is 18.3 Å². The van der Waals surface area contributed by atoms with Crippen molar-refractivity contribution in [3.05, 3.63) is 59.9 Å².